The molecular weight excluding hydrogens is 290 g/mol. The molecule has 108 valence electrons. The van der Waals surface area contributed by atoms with Gasteiger partial charge in [-0.05, 0) is 5.92 Å². The molecule has 19 heavy (non-hydrogen) atoms. The maximum absolute atomic E-state index is 12.0. The van der Waals surface area contributed by atoms with Crippen molar-refractivity contribution in [2.24, 2.45) is 5.92 Å². The summed E-state index contributed by atoms with van der Waals surface area (Å²) in [6, 6.07) is 0.995. The molecule has 0 saturated carbocycles. The molecule has 0 aliphatic carbocycles. The van der Waals surface area contributed by atoms with Gasteiger partial charge in [0, 0.05) is 12.6 Å². The molecule has 0 atom stereocenters. The average Bonchev–Trinajstić information content (AvgIpc) is 2.73. The van der Waals surface area contributed by atoms with E-state index in [1.165, 1.54) is 0 Å². The van der Waals surface area contributed by atoms with Crippen molar-refractivity contribution in [1.29, 1.82) is 0 Å². The number of rotatable bonds is 7. The first kappa shape index (κ1) is 15.9. The summed E-state index contributed by atoms with van der Waals surface area (Å²) in [5.41, 5.74) is 5.06. The van der Waals surface area contributed by atoms with Crippen molar-refractivity contribution in [2.75, 3.05) is 12.3 Å². The normalized spacial score (nSPS) is 11.9. The van der Waals surface area contributed by atoms with E-state index in [1.807, 2.05) is 13.8 Å². The third-order valence-electron chi connectivity index (χ3n) is 2.90. The number of nitrogens with zero attached hydrogens (tertiary/aromatic N) is 1. The Morgan fingerprint density at radius 1 is 1.47 bits per heavy atom. The lowest BCUT2D eigenvalue weighted by molar-refractivity contribution is -0.383. The molecule has 0 fully saturated rings. The molecular formula is C10H17N3O4S2. The zero-order chi connectivity index (χ0) is 14.6. The van der Waals surface area contributed by atoms with Crippen LogP contribution in [-0.4, -0.2) is 19.9 Å². The summed E-state index contributed by atoms with van der Waals surface area (Å²) in [6.45, 7) is 4.29. The Morgan fingerprint density at radius 3 is 2.47 bits per heavy atom. The number of sulfonamides is 1. The SMILES string of the molecule is CCC(CC)CNS(=O)(=O)c1cc([N+](=O)[O-])c(N)s1. The molecule has 0 saturated heterocycles. The molecule has 0 unspecified atom stereocenters. The minimum Gasteiger partial charge on any atom is -0.385 e. The highest BCUT2D eigenvalue weighted by Crippen LogP contribution is 2.34. The summed E-state index contributed by atoms with van der Waals surface area (Å²) in [5, 5.41) is 10.5. The third kappa shape index (κ3) is 3.88. The molecule has 3 N–H and O–H groups in total. The first-order valence-electron chi connectivity index (χ1n) is 5.85. The average molecular weight is 307 g/mol. The molecule has 7 nitrogen and oxygen atoms in total. The Bertz CT molecular complexity index is 549. The van der Waals surface area contributed by atoms with Crippen LogP contribution in [-0.2, 0) is 10.0 Å². The molecule has 0 radical (unpaired) electrons. The second-order valence-electron chi connectivity index (χ2n) is 4.11. The molecule has 0 bridgehead atoms. The second-order valence-corrected chi connectivity index (χ2v) is 7.18. The minimum atomic E-state index is -3.73. The van der Waals surface area contributed by atoms with Crippen LogP contribution in [0.1, 0.15) is 26.7 Å². The van der Waals surface area contributed by atoms with Gasteiger partial charge in [-0.2, -0.15) is 0 Å². The standard InChI is InChI=1S/C10H17N3O4S2/c1-3-7(4-2)6-12-19(16,17)9-5-8(13(14)15)10(11)18-9/h5,7,12H,3-4,6,11H2,1-2H3. The highest BCUT2D eigenvalue weighted by atomic mass is 32.2. The smallest absolute Gasteiger partial charge is 0.304 e. The number of nitrogens with one attached hydrogen (secondary N) is 1. The maximum Gasteiger partial charge on any atom is 0.304 e. The van der Waals surface area contributed by atoms with E-state index in [0.29, 0.717) is 17.9 Å². The fourth-order valence-electron chi connectivity index (χ4n) is 1.52. The van der Waals surface area contributed by atoms with Gasteiger partial charge in [0.05, 0.1) is 4.92 Å². The number of nitro groups is 1. The van der Waals surface area contributed by atoms with E-state index >= 15 is 0 Å². The summed E-state index contributed by atoms with van der Waals surface area (Å²) in [5.74, 6) is 0.252. The maximum atomic E-state index is 12.0. The van der Waals surface area contributed by atoms with Gasteiger partial charge in [-0.1, -0.05) is 38.0 Å². The summed E-state index contributed by atoms with van der Waals surface area (Å²) in [4.78, 5) is 9.95. The Morgan fingerprint density at radius 2 is 2.05 bits per heavy atom. The summed E-state index contributed by atoms with van der Waals surface area (Å²) >= 11 is 0.702. The Labute approximate surface area is 116 Å². The molecule has 0 spiro atoms. The topological polar surface area (TPSA) is 115 Å². The van der Waals surface area contributed by atoms with E-state index < -0.39 is 14.9 Å². The van der Waals surface area contributed by atoms with Gasteiger partial charge in [0.1, 0.15) is 4.21 Å². The second kappa shape index (κ2) is 6.31. The van der Waals surface area contributed by atoms with Crippen LogP contribution >= 0.6 is 11.3 Å². The van der Waals surface area contributed by atoms with Crippen molar-refractivity contribution in [1.82, 2.24) is 4.72 Å². The van der Waals surface area contributed by atoms with Gasteiger partial charge in [-0.15, -0.1) is 0 Å². The van der Waals surface area contributed by atoms with E-state index in [0.717, 1.165) is 18.9 Å². The predicted octanol–water partition coefficient (Wildman–Crippen LogP) is 1.95. The van der Waals surface area contributed by atoms with E-state index in [-0.39, 0.29) is 20.8 Å². The van der Waals surface area contributed by atoms with Gasteiger partial charge >= 0.3 is 5.69 Å². The van der Waals surface area contributed by atoms with Crippen LogP contribution in [0.15, 0.2) is 10.3 Å². The van der Waals surface area contributed by atoms with Gasteiger partial charge in [0.15, 0.2) is 5.00 Å². The van der Waals surface area contributed by atoms with Gasteiger partial charge in [-0.3, -0.25) is 10.1 Å². The molecule has 0 aliphatic rings. The number of nitrogens with two attached hydrogens (primary N) is 1. The zero-order valence-corrected chi connectivity index (χ0v) is 12.4. The summed E-state index contributed by atoms with van der Waals surface area (Å²) in [6.07, 6.45) is 1.73. The molecule has 0 aromatic carbocycles. The Kier molecular flexibility index (Phi) is 5.27. The van der Waals surface area contributed by atoms with E-state index in [2.05, 4.69) is 4.72 Å². The Hall–Kier alpha value is -1.19. The first-order valence-corrected chi connectivity index (χ1v) is 8.15. The van der Waals surface area contributed by atoms with Gasteiger partial charge in [0.25, 0.3) is 0 Å². The first-order chi connectivity index (χ1) is 8.81. The number of thiophene rings is 1. The van der Waals surface area contributed by atoms with Crippen molar-refractivity contribution in [2.45, 2.75) is 30.9 Å². The fourth-order valence-corrected chi connectivity index (χ4v) is 3.90. The zero-order valence-electron chi connectivity index (χ0n) is 10.8. The van der Waals surface area contributed by atoms with Crippen LogP contribution in [0.25, 0.3) is 0 Å². The van der Waals surface area contributed by atoms with E-state index in [9.17, 15) is 18.5 Å². The monoisotopic (exact) mass is 307 g/mol. The fraction of sp³-hybridized carbons (Fsp3) is 0.600. The molecule has 0 aliphatic heterocycles. The predicted molar refractivity (Wildman–Crippen MR) is 74.6 cm³/mol. The van der Waals surface area contributed by atoms with Crippen LogP contribution in [0.5, 0.6) is 0 Å². The summed E-state index contributed by atoms with van der Waals surface area (Å²) < 4.78 is 26.3. The van der Waals surface area contributed by atoms with Gasteiger partial charge in [0.2, 0.25) is 10.0 Å². The number of hydrogen-bond acceptors (Lipinski definition) is 6. The highest BCUT2D eigenvalue weighted by molar-refractivity contribution is 7.91. The van der Waals surface area contributed by atoms with Crippen LogP contribution in [0.2, 0.25) is 0 Å². The molecule has 1 aromatic rings. The minimum absolute atomic E-state index is 0.104. The number of anilines is 1. The summed E-state index contributed by atoms with van der Waals surface area (Å²) in [7, 11) is -3.73. The highest BCUT2D eigenvalue weighted by Gasteiger charge is 2.24. The van der Waals surface area contributed by atoms with Crippen LogP contribution in [0, 0.1) is 16.0 Å². The molecule has 9 heteroatoms. The van der Waals surface area contributed by atoms with Crippen molar-refractivity contribution < 1.29 is 13.3 Å². The van der Waals surface area contributed by atoms with E-state index in [1.54, 1.807) is 0 Å². The van der Waals surface area contributed by atoms with Gasteiger partial charge in [-0.25, -0.2) is 13.1 Å². The molecule has 1 aromatic heterocycles. The lowest BCUT2D eigenvalue weighted by Gasteiger charge is -2.12. The van der Waals surface area contributed by atoms with Crippen molar-refractivity contribution in [3.8, 4) is 0 Å². The van der Waals surface area contributed by atoms with E-state index in [4.69, 9.17) is 5.73 Å². The largest absolute Gasteiger partial charge is 0.385 e. The quantitative estimate of drug-likeness (QED) is 0.590. The van der Waals surface area contributed by atoms with Crippen molar-refractivity contribution in [3.63, 3.8) is 0 Å². The van der Waals surface area contributed by atoms with Crippen LogP contribution < -0.4 is 10.5 Å². The molecule has 0 amide bonds. The van der Waals surface area contributed by atoms with Crippen LogP contribution in [0.4, 0.5) is 10.7 Å². The Balaban J connectivity index is 2.89. The lowest BCUT2D eigenvalue weighted by atomic mass is 10.0. The third-order valence-corrected chi connectivity index (χ3v) is 5.75. The van der Waals surface area contributed by atoms with Crippen molar-refractivity contribution in [3.05, 3.63) is 16.2 Å². The number of hydrogen-bond donors (Lipinski definition) is 2. The lowest BCUT2D eigenvalue weighted by Crippen LogP contribution is -2.28. The number of nitrogen functional groups attached to an aromatic ring is 1. The van der Waals surface area contributed by atoms with Crippen LogP contribution in [0.3, 0.4) is 0 Å². The van der Waals surface area contributed by atoms with Crippen molar-refractivity contribution >= 4 is 32.0 Å². The molecule has 1 heterocycles. The van der Waals surface area contributed by atoms with Gasteiger partial charge < -0.3 is 5.73 Å². The molecule has 1 rings (SSSR count).